The molecular formula is C19H25NO6. The van der Waals surface area contributed by atoms with Gasteiger partial charge in [-0.15, -0.1) is 0 Å². The van der Waals surface area contributed by atoms with Gasteiger partial charge >= 0.3 is 11.9 Å². The van der Waals surface area contributed by atoms with E-state index in [1.165, 1.54) is 25.9 Å². The third-order valence-electron chi connectivity index (χ3n) is 3.86. The molecule has 1 aromatic carbocycles. The van der Waals surface area contributed by atoms with Gasteiger partial charge in [-0.25, -0.2) is 9.59 Å². The van der Waals surface area contributed by atoms with Crippen molar-refractivity contribution in [1.29, 1.82) is 0 Å². The van der Waals surface area contributed by atoms with Crippen molar-refractivity contribution >= 4 is 11.9 Å². The van der Waals surface area contributed by atoms with Gasteiger partial charge in [-0.05, 0) is 56.1 Å². The molecule has 0 saturated carbocycles. The molecule has 1 fully saturated rings. The molecule has 1 saturated heterocycles. The summed E-state index contributed by atoms with van der Waals surface area (Å²) in [7, 11) is 1.66. The fourth-order valence-electron chi connectivity index (χ4n) is 2.23. The molecule has 0 atom stereocenters. The van der Waals surface area contributed by atoms with E-state index in [2.05, 4.69) is 23.7 Å². The fraction of sp³-hybridized carbons (Fsp3) is 0.474. The molecule has 26 heavy (non-hydrogen) atoms. The number of nitrogens with zero attached hydrogens (tertiary/aromatic N) is 1. The average Bonchev–Trinajstić information content (AvgIpc) is 2.64. The van der Waals surface area contributed by atoms with E-state index < -0.39 is 11.9 Å². The summed E-state index contributed by atoms with van der Waals surface area (Å²) in [4.78, 5) is 20.6. The summed E-state index contributed by atoms with van der Waals surface area (Å²) < 4.78 is 10.7. The average molecular weight is 363 g/mol. The maximum atomic E-state index is 9.10. The SMILES string of the molecule is COc1ccc(OCC#CCN2CCC(C)CC2)cc1.O=C(O)C(=O)O. The molecule has 1 heterocycles. The molecule has 2 N–H and O–H groups in total. The molecule has 0 bridgehead atoms. The molecule has 2 rings (SSSR count). The zero-order valence-corrected chi connectivity index (χ0v) is 15.1. The Morgan fingerprint density at radius 2 is 1.62 bits per heavy atom. The van der Waals surface area contributed by atoms with Crippen molar-refractivity contribution in [3.05, 3.63) is 24.3 Å². The van der Waals surface area contributed by atoms with Gasteiger partial charge in [-0.3, -0.25) is 4.90 Å². The van der Waals surface area contributed by atoms with Crippen LogP contribution in [0.5, 0.6) is 11.5 Å². The Morgan fingerprint density at radius 1 is 1.08 bits per heavy atom. The molecular weight excluding hydrogens is 338 g/mol. The van der Waals surface area contributed by atoms with Crippen LogP contribution in [0.25, 0.3) is 0 Å². The van der Waals surface area contributed by atoms with Gasteiger partial charge in [0, 0.05) is 0 Å². The summed E-state index contributed by atoms with van der Waals surface area (Å²) in [6, 6.07) is 7.56. The van der Waals surface area contributed by atoms with E-state index in [-0.39, 0.29) is 0 Å². The number of piperidine rings is 1. The third-order valence-corrected chi connectivity index (χ3v) is 3.86. The van der Waals surface area contributed by atoms with Crippen molar-refractivity contribution in [2.45, 2.75) is 19.8 Å². The van der Waals surface area contributed by atoms with E-state index in [1.807, 2.05) is 24.3 Å². The smallest absolute Gasteiger partial charge is 0.414 e. The number of carboxylic acid groups (broad SMARTS) is 2. The highest BCUT2D eigenvalue weighted by Crippen LogP contribution is 2.17. The first-order chi connectivity index (χ1) is 12.4. The number of carboxylic acids is 2. The Balaban J connectivity index is 0.000000487. The summed E-state index contributed by atoms with van der Waals surface area (Å²) in [5.74, 6) is 5.15. The Hall–Kier alpha value is -2.72. The number of likely N-dealkylation sites (tertiary alicyclic amines) is 1. The minimum absolute atomic E-state index is 0.441. The molecule has 142 valence electrons. The van der Waals surface area contributed by atoms with Crippen molar-refractivity contribution < 1.29 is 29.3 Å². The number of methoxy groups -OCH3 is 1. The zero-order valence-electron chi connectivity index (χ0n) is 15.1. The first-order valence-corrected chi connectivity index (χ1v) is 8.33. The van der Waals surface area contributed by atoms with Crippen LogP contribution in [-0.2, 0) is 9.59 Å². The molecule has 1 aliphatic rings. The number of hydrogen-bond acceptors (Lipinski definition) is 5. The van der Waals surface area contributed by atoms with E-state index in [4.69, 9.17) is 29.3 Å². The van der Waals surface area contributed by atoms with Gasteiger partial charge in [-0.1, -0.05) is 18.8 Å². The summed E-state index contributed by atoms with van der Waals surface area (Å²) in [5.41, 5.74) is 0. The van der Waals surface area contributed by atoms with Gasteiger partial charge in [-0.2, -0.15) is 0 Å². The topological polar surface area (TPSA) is 96.3 Å². The van der Waals surface area contributed by atoms with Gasteiger partial charge < -0.3 is 19.7 Å². The minimum atomic E-state index is -1.82. The Bertz CT molecular complexity index is 612. The molecule has 7 nitrogen and oxygen atoms in total. The van der Waals surface area contributed by atoms with Crippen molar-refractivity contribution in [2.75, 3.05) is 33.4 Å². The lowest BCUT2D eigenvalue weighted by atomic mass is 9.99. The van der Waals surface area contributed by atoms with Crippen molar-refractivity contribution in [3.63, 3.8) is 0 Å². The normalized spacial score (nSPS) is 14.2. The fourth-order valence-corrected chi connectivity index (χ4v) is 2.23. The van der Waals surface area contributed by atoms with Crippen molar-refractivity contribution in [1.82, 2.24) is 4.90 Å². The molecule has 0 aromatic heterocycles. The highest BCUT2D eigenvalue weighted by molar-refractivity contribution is 6.27. The third kappa shape index (κ3) is 8.94. The number of aliphatic carboxylic acids is 2. The molecule has 0 spiro atoms. The van der Waals surface area contributed by atoms with Crippen LogP contribution in [0.2, 0.25) is 0 Å². The first-order valence-electron chi connectivity index (χ1n) is 8.33. The van der Waals surface area contributed by atoms with Gasteiger partial charge in [0.1, 0.15) is 18.1 Å². The lowest BCUT2D eigenvalue weighted by Crippen LogP contribution is -2.33. The lowest BCUT2D eigenvalue weighted by Gasteiger charge is -2.28. The zero-order chi connectivity index (χ0) is 19.4. The molecule has 0 unspecified atom stereocenters. The summed E-state index contributed by atoms with van der Waals surface area (Å²) in [5, 5.41) is 14.8. The molecule has 0 amide bonds. The van der Waals surface area contributed by atoms with E-state index in [1.54, 1.807) is 7.11 Å². The maximum absolute atomic E-state index is 9.10. The number of carbonyl (C=O) groups is 2. The van der Waals surface area contributed by atoms with Crippen LogP contribution in [0.3, 0.4) is 0 Å². The predicted molar refractivity (Wildman–Crippen MR) is 96.4 cm³/mol. The Kier molecular flexibility index (Phi) is 9.65. The van der Waals surface area contributed by atoms with Crippen LogP contribution in [0.1, 0.15) is 19.8 Å². The van der Waals surface area contributed by atoms with Crippen LogP contribution in [-0.4, -0.2) is 60.4 Å². The summed E-state index contributed by atoms with van der Waals surface area (Å²) in [6.45, 7) is 5.98. The van der Waals surface area contributed by atoms with Crippen LogP contribution in [0.15, 0.2) is 24.3 Å². The molecule has 7 heteroatoms. The van der Waals surface area contributed by atoms with Gasteiger partial charge in [0.2, 0.25) is 0 Å². The van der Waals surface area contributed by atoms with Crippen LogP contribution < -0.4 is 9.47 Å². The predicted octanol–water partition coefficient (Wildman–Crippen LogP) is 1.96. The van der Waals surface area contributed by atoms with Crippen LogP contribution >= 0.6 is 0 Å². The lowest BCUT2D eigenvalue weighted by molar-refractivity contribution is -0.159. The second-order valence-corrected chi connectivity index (χ2v) is 5.89. The highest BCUT2D eigenvalue weighted by Gasteiger charge is 2.13. The Morgan fingerprint density at radius 3 is 2.12 bits per heavy atom. The van der Waals surface area contributed by atoms with Crippen LogP contribution in [0, 0.1) is 17.8 Å². The van der Waals surface area contributed by atoms with Gasteiger partial charge in [0.15, 0.2) is 0 Å². The largest absolute Gasteiger partial charge is 0.497 e. The second-order valence-electron chi connectivity index (χ2n) is 5.89. The van der Waals surface area contributed by atoms with Crippen molar-refractivity contribution in [2.24, 2.45) is 5.92 Å². The second kappa shape index (κ2) is 11.8. The van der Waals surface area contributed by atoms with Gasteiger partial charge in [0.05, 0.1) is 13.7 Å². The molecule has 1 aliphatic heterocycles. The number of rotatable bonds is 4. The highest BCUT2D eigenvalue weighted by atomic mass is 16.5. The molecule has 1 aromatic rings. The molecule has 0 radical (unpaired) electrons. The van der Waals surface area contributed by atoms with Crippen molar-refractivity contribution in [3.8, 4) is 23.3 Å². The van der Waals surface area contributed by atoms with E-state index in [9.17, 15) is 0 Å². The summed E-state index contributed by atoms with van der Waals surface area (Å²) in [6.07, 6.45) is 2.59. The number of benzene rings is 1. The van der Waals surface area contributed by atoms with E-state index in [0.717, 1.165) is 24.0 Å². The van der Waals surface area contributed by atoms with Crippen LogP contribution in [0.4, 0.5) is 0 Å². The quantitative estimate of drug-likeness (QED) is 0.623. The van der Waals surface area contributed by atoms with Gasteiger partial charge in [0.25, 0.3) is 0 Å². The van der Waals surface area contributed by atoms with E-state index in [0.29, 0.717) is 6.61 Å². The number of ether oxygens (including phenoxy) is 2. The molecule has 0 aliphatic carbocycles. The Labute approximate surface area is 153 Å². The maximum Gasteiger partial charge on any atom is 0.414 e. The monoisotopic (exact) mass is 363 g/mol. The minimum Gasteiger partial charge on any atom is -0.497 e. The summed E-state index contributed by atoms with van der Waals surface area (Å²) >= 11 is 0. The number of hydrogen-bond donors (Lipinski definition) is 2. The van der Waals surface area contributed by atoms with E-state index >= 15 is 0 Å². The standard InChI is InChI=1S/C17H23NO2.C2H2O4/c1-15-9-12-18(13-10-15)11-3-4-14-20-17-7-5-16(19-2)6-8-17;3-1(4)2(5)6/h5-8,15H,9-14H2,1-2H3;(H,3,4)(H,5,6). The first kappa shape index (κ1) is 21.3.